The van der Waals surface area contributed by atoms with Crippen molar-refractivity contribution < 1.29 is 19.1 Å². The number of thiocarbonyl (C=S) groups is 1. The number of carbonyl (C=O) groups excluding carboxylic acids is 1. The summed E-state index contributed by atoms with van der Waals surface area (Å²) in [4.78, 5) is 29.9. The summed E-state index contributed by atoms with van der Waals surface area (Å²) in [6, 6.07) is 11.6. The second-order valence-corrected chi connectivity index (χ2v) is 9.43. The maximum atomic E-state index is 12.7. The maximum absolute atomic E-state index is 12.7. The molecule has 0 saturated carbocycles. The van der Waals surface area contributed by atoms with Crippen molar-refractivity contribution in [2.75, 3.05) is 6.54 Å². The summed E-state index contributed by atoms with van der Waals surface area (Å²) in [6.45, 7) is 0.497. The third kappa shape index (κ3) is 4.63. The Balaban J connectivity index is 1.42. The zero-order valence-corrected chi connectivity index (χ0v) is 18.3. The fourth-order valence-corrected chi connectivity index (χ4v) is 5.28. The molecule has 154 valence electrons. The Labute approximate surface area is 186 Å². The van der Waals surface area contributed by atoms with Gasteiger partial charge in [-0.05, 0) is 37.1 Å². The number of benzene rings is 1. The number of unbranched alkanes of at least 4 members (excludes halogenated alkanes) is 2. The topological polar surface area (TPSA) is 83.6 Å². The fourth-order valence-electron chi connectivity index (χ4n) is 3.07. The van der Waals surface area contributed by atoms with E-state index in [1.165, 1.54) is 11.8 Å². The normalized spacial score (nSPS) is 15.6. The number of hydrogen-bond acceptors (Lipinski definition) is 7. The van der Waals surface area contributed by atoms with Crippen LogP contribution < -0.4 is 0 Å². The lowest BCUT2D eigenvalue weighted by Gasteiger charge is -2.13. The standard InChI is InChI=1S/C21H18N2O4S3/c24-18(25)8-2-1-5-11-23-20(26)17(30-21(23)28)12-13-9-10-15(27-13)19-22-14-6-3-4-7-16(14)29-19/h3-4,6-7,9-10,12H,1-2,5,8,11H2,(H,24,25)/b17-12-. The average molecular weight is 459 g/mol. The predicted octanol–water partition coefficient (Wildman–Crippen LogP) is 5.40. The van der Waals surface area contributed by atoms with Crippen LogP contribution >= 0.6 is 35.3 Å². The van der Waals surface area contributed by atoms with Gasteiger partial charge in [0.25, 0.3) is 5.91 Å². The summed E-state index contributed by atoms with van der Waals surface area (Å²) in [6.07, 6.45) is 3.91. The van der Waals surface area contributed by atoms with E-state index in [2.05, 4.69) is 4.98 Å². The first-order chi connectivity index (χ1) is 14.5. The third-order valence-electron chi connectivity index (χ3n) is 4.55. The van der Waals surface area contributed by atoms with Crippen LogP contribution in [0.4, 0.5) is 0 Å². The third-order valence-corrected chi connectivity index (χ3v) is 6.98. The molecule has 30 heavy (non-hydrogen) atoms. The summed E-state index contributed by atoms with van der Waals surface area (Å²) in [7, 11) is 0. The second-order valence-electron chi connectivity index (χ2n) is 6.73. The first-order valence-corrected chi connectivity index (χ1v) is 11.5. The van der Waals surface area contributed by atoms with E-state index in [0.717, 1.165) is 28.1 Å². The zero-order valence-electron chi connectivity index (χ0n) is 15.9. The number of nitrogens with zero attached hydrogens (tertiary/aromatic N) is 2. The van der Waals surface area contributed by atoms with Crippen LogP contribution in [0.15, 0.2) is 45.7 Å². The molecule has 1 amide bonds. The number of carboxylic acids is 1. The Morgan fingerprint density at radius 1 is 1.20 bits per heavy atom. The Hall–Kier alpha value is -2.49. The molecule has 1 N–H and O–H groups in total. The van der Waals surface area contributed by atoms with Crippen LogP contribution in [0.1, 0.15) is 31.4 Å². The van der Waals surface area contributed by atoms with Crippen molar-refractivity contribution in [1.29, 1.82) is 0 Å². The molecule has 1 aliphatic rings. The number of carboxylic acid groups (broad SMARTS) is 1. The molecule has 1 aromatic carbocycles. The van der Waals surface area contributed by atoms with E-state index in [4.69, 9.17) is 21.7 Å². The molecule has 0 radical (unpaired) electrons. The zero-order chi connectivity index (χ0) is 21.1. The first kappa shape index (κ1) is 20.8. The van der Waals surface area contributed by atoms with Crippen LogP contribution in [0.5, 0.6) is 0 Å². The Kier molecular flexibility index (Phi) is 6.31. The SMILES string of the molecule is O=C(O)CCCCCN1C(=O)/C(=C/c2ccc(-c3nc4ccccc4s3)o2)SC1=S. The van der Waals surface area contributed by atoms with Gasteiger partial charge in [0.2, 0.25) is 0 Å². The number of para-hydroxylation sites is 1. The quantitative estimate of drug-likeness (QED) is 0.275. The van der Waals surface area contributed by atoms with Gasteiger partial charge in [-0.1, -0.05) is 42.5 Å². The molecule has 3 aromatic rings. The van der Waals surface area contributed by atoms with Crippen molar-refractivity contribution in [3.8, 4) is 10.8 Å². The van der Waals surface area contributed by atoms with Gasteiger partial charge in [-0.25, -0.2) is 4.98 Å². The van der Waals surface area contributed by atoms with Gasteiger partial charge in [-0.3, -0.25) is 14.5 Å². The van der Waals surface area contributed by atoms with Gasteiger partial charge in [0.05, 0.1) is 15.1 Å². The Bertz CT molecular complexity index is 1120. The lowest BCUT2D eigenvalue weighted by molar-refractivity contribution is -0.137. The smallest absolute Gasteiger partial charge is 0.303 e. The van der Waals surface area contributed by atoms with Crippen LogP contribution in [0.3, 0.4) is 0 Å². The van der Waals surface area contributed by atoms with Crippen molar-refractivity contribution >= 4 is 67.8 Å². The molecule has 1 aliphatic heterocycles. The summed E-state index contributed by atoms with van der Waals surface area (Å²) in [5.74, 6) is 0.302. The van der Waals surface area contributed by atoms with Gasteiger partial charge in [0, 0.05) is 19.0 Å². The number of thiazole rings is 1. The molecule has 3 heterocycles. The van der Waals surface area contributed by atoms with Crippen LogP contribution in [0.25, 0.3) is 27.1 Å². The highest BCUT2D eigenvalue weighted by Crippen LogP contribution is 2.35. The molecular formula is C21H18N2O4S3. The summed E-state index contributed by atoms with van der Waals surface area (Å²) >= 11 is 8.16. The van der Waals surface area contributed by atoms with E-state index < -0.39 is 5.97 Å². The number of aromatic nitrogens is 1. The molecule has 4 rings (SSSR count). The number of fused-ring (bicyclic) bond motifs is 1. The Morgan fingerprint density at radius 3 is 2.83 bits per heavy atom. The van der Waals surface area contributed by atoms with Crippen LogP contribution in [0.2, 0.25) is 0 Å². The molecule has 0 atom stereocenters. The van der Waals surface area contributed by atoms with E-state index in [9.17, 15) is 9.59 Å². The molecule has 1 fully saturated rings. The number of aliphatic carboxylic acids is 1. The number of hydrogen-bond donors (Lipinski definition) is 1. The minimum Gasteiger partial charge on any atom is -0.481 e. The van der Waals surface area contributed by atoms with Gasteiger partial charge < -0.3 is 9.52 Å². The molecule has 6 nitrogen and oxygen atoms in total. The van der Waals surface area contributed by atoms with Gasteiger partial charge in [-0.2, -0.15) is 0 Å². The van der Waals surface area contributed by atoms with E-state index in [0.29, 0.717) is 33.7 Å². The molecular weight excluding hydrogens is 440 g/mol. The number of amides is 1. The highest BCUT2D eigenvalue weighted by Gasteiger charge is 2.31. The van der Waals surface area contributed by atoms with Crippen molar-refractivity contribution in [3.05, 3.63) is 47.1 Å². The predicted molar refractivity (Wildman–Crippen MR) is 123 cm³/mol. The minimum atomic E-state index is -0.799. The summed E-state index contributed by atoms with van der Waals surface area (Å²) in [5, 5.41) is 9.48. The van der Waals surface area contributed by atoms with Crippen LogP contribution in [0, 0.1) is 0 Å². The molecule has 0 aliphatic carbocycles. The van der Waals surface area contributed by atoms with Crippen LogP contribution in [-0.4, -0.2) is 37.7 Å². The van der Waals surface area contributed by atoms with Crippen molar-refractivity contribution in [2.24, 2.45) is 0 Å². The number of carbonyl (C=O) groups is 2. The van der Waals surface area contributed by atoms with Crippen molar-refractivity contribution in [1.82, 2.24) is 9.88 Å². The van der Waals surface area contributed by atoms with Gasteiger partial charge in [-0.15, -0.1) is 11.3 Å². The summed E-state index contributed by atoms with van der Waals surface area (Å²) < 4.78 is 7.51. The lowest BCUT2D eigenvalue weighted by Crippen LogP contribution is -2.29. The second kappa shape index (κ2) is 9.11. The van der Waals surface area contributed by atoms with Gasteiger partial charge in [0.15, 0.2) is 10.8 Å². The molecule has 0 bridgehead atoms. The fraction of sp³-hybridized carbons (Fsp3) is 0.238. The van der Waals surface area contributed by atoms with Gasteiger partial charge >= 0.3 is 5.97 Å². The summed E-state index contributed by atoms with van der Waals surface area (Å²) in [5.41, 5.74) is 0.930. The number of furan rings is 1. The first-order valence-electron chi connectivity index (χ1n) is 9.44. The molecule has 9 heteroatoms. The van der Waals surface area contributed by atoms with Crippen molar-refractivity contribution in [2.45, 2.75) is 25.7 Å². The highest BCUT2D eigenvalue weighted by molar-refractivity contribution is 8.26. The van der Waals surface area contributed by atoms with Gasteiger partial charge in [0.1, 0.15) is 10.1 Å². The Morgan fingerprint density at radius 2 is 2.03 bits per heavy atom. The van der Waals surface area contributed by atoms with E-state index in [-0.39, 0.29) is 12.3 Å². The molecule has 2 aromatic heterocycles. The minimum absolute atomic E-state index is 0.138. The largest absolute Gasteiger partial charge is 0.481 e. The van der Waals surface area contributed by atoms with Crippen LogP contribution in [-0.2, 0) is 9.59 Å². The average Bonchev–Trinajstić information content (AvgIpc) is 3.41. The van der Waals surface area contributed by atoms with E-state index >= 15 is 0 Å². The maximum Gasteiger partial charge on any atom is 0.303 e. The lowest BCUT2D eigenvalue weighted by atomic mass is 10.2. The molecule has 1 saturated heterocycles. The van der Waals surface area contributed by atoms with E-state index in [1.807, 2.05) is 36.4 Å². The number of thioether (sulfide) groups is 1. The number of rotatable bonds is 8. The molecule has 0 spiro atoms. The van der Waals surface area contributed by atoms with Crippen molar-refractivity contribution in [3.63, 3.8) is 0 Å². The monoisotopic (exact) mass is 458 g/mol. The molecule has 0 unspecified atom stereocenters. The van der Waals surface area contributed by atoms with E-state index in [1.54, 1.807) is 22.3 Å². The highest BCUT2D eigenvalue weighted by atomic mass is 32.2.